The molecular weight excluding hydrogens is 318 g/mol. The predicted molar refractivity (Wildman–Crippen MR) is 72.6 cm³/mol. The summed E-state index contributed by atoms with van der Waals surface area (Å²) in [6.07, 6.45) is 4.80. The van der Waals surface area contributed by atoms with Gasteiger partial charge in [-0.25, -0.2) is 0 Å². The predicted octanol–water partition coefficient (Wildman–Crippen LogP) is 2.47. The molecular formula is C14H20F2O5S. The Morgan fingerprint density at radius 2 is 1.82 bits per heavy atom. The van der Waals surface area contributed by atoms with Crippen molar-refractivity contribution in [3.8, 4) is 0 Å². The van der Waals surface area contributed by atoms with Crippen LogP contribution in [0.5, 0.6) is 0 Å². The highest BCUT2D eigenvalue weighted by Crippen LogP contribution is 2.62. The van der Waals surface area contributed by atoms with Gasteiger partial charge in [0, 0.05) is 0 Å². The first kappa shape index (κ1) is 16.1. The molecule has 0 aromatic rings. The van der Waals surface area contributed by atoms with Crippen LogP contribution >= 0.6 is 0 Å². The largest absolute Gasteiger partial charge is 0.458 e. The number of esters is 1. The Morgan fingerprint density at radius 1 is 1.27 bits per heavy atom. The summed E-state index contributed by atoms with van der Waals surface area (Å²) in [6, 6.07) is 0. The Kier molecular flexibility index (Phi) is 3.56. The Morgan fingerprint density at radius 3 is 2.27 bits per heavy atom. The van der Waals surface area contributed by atoms with E-state index >= 15 is 0 Å². The molecule has 0 saturated heterocycles. The number of carbonyl (C=O) groups is 1. The number of halogens is 2. The monoisotopic (exact) mass is 338 g/mol. The third kappa shape index (κ3) is 2.64. The number of rotatable bonds is 4. The van der Waals surface area contributed by atoms with Crippen LogP contribution in [-0.4, -0.2) is 30.8 Å². The fourth-order valence-electron chi connectivity index (χ4n) is 5.14. The molecule has 5 nitrogen and oxygen atoms in total. The Labute approximate surface area is 128 Å². The van der Waals surface area contributed by atoms with Crippen LogP contribution in [-0.2, 0) is 19.6 Å². The second-order valence-electron chi connectivity index (χ2n) is 7.53. The van der Waals surface area contributed by atoms with Gasteiger partial charge < -0.3 is 4.74 Å². The molecule has 0 radical (unpaired) electrons. The Hall–Kier alpha value is -0.760. The maximum absolute atomic E-state index is 13.2. The van der Waals surface area contributed by atoms with Crippen molar-refractivity contribution < 1.29 is 31.3 Å². The molecule has 2 unspecified atom stereocenters. The quantitative estimate of drug-likeness (QED) is 0.629. The third-order valence-corrected chi connectivity index (χ3v) is 6.48. The van der Waals surface area contributed by atoms with Gasteiger partial charge in [0.25, 0.3) is 0 Å². The van der Waals surface area contributed by atoms with Crippen LogP contribution in [0.4, 0.5) is 8.78 Å². The van der Waals surface area contributed by atoms with Gasteiger partial charge in [0.1, 0.15) is 0 Å². The number of hydrogen-bond donors (Lipinski definition) is 1. The lowest BCUT2D eigenvalue weighted by atomic mass is 9.47. The van der Waals surface area contributed by atoms with E-state index in [0.29, 0.717) is 5.92 Å². The first-order chi connectivity index (χ1) is 10.0. The summed E-state index contributed by atoms with van der Waals surface area (Å²) in [5, 5.41) is -4.46. The van der Waals surface area contributed by atoms with Crippen LogP contribution in [0, 0.1) is 29.1 Å². The van der Waals surface area contributed by atoms with Gasteiger partial charge in [0.05, 0.1) is 5.92 Å². The normalized spacial score (nSPS) is 40.7. The number of alkyl halides is 2. The van der Waals surface area contributed by atoms with Crippen LogP contribution in [0.15, 0.2) is 0 Å². The highest BCUT2D eigenvalue weighted by Gasteiger charge is 2.56. The molecule has 4 saturated carbocycles. The van der Waals surface area contributed by atoms with Crippen molar-refractivity contribution >= 4 is 16.1 Å². The van der Waals surface area contributed by atoms with E-state index in [1.807, 2.05) is 0 Å². The standard InChI is InChI=1S/C14H20F2O5S/c1-13-4-8-2-9(5-13)11(10(3-8)6-13)12(17)21-7-14(15,16)22(18,19)20/h8-11H,2-7H2,1H3,(H,18,19,20). The summed E-state index contributed by atoms with van der Waals surface area (Å²) in [4.78, 5) is 12.2. The van der Waals surface area contributed by atoms with Gasteiger partial charge in [-0.3, -0.25) is 9.35 Å². The zero-order valence-electron chi connectivity index (χ0n) is 12.3. The van der Waals surface area contributed by atoms with E-state index in [1.54, 1.807) is 0 Å². The highest BCUT2D eigenvalue weighted by atomic mass is 32.2. The van der Waals surface area contributed by atoms with E-state index < -0.39 is 33.9 Å². The zero-order valence-corrected chi connectivity index (χ0v) is 13.1. The maximum atomic E-state index is 13.2. The first-order valence-corrected chi connectivity index (χ1v) is 8.96. The van der Waals surface area contributed by atoms with Crippen molar-refractivity contribution in [2.75, 3.05) is 6.61 Å². The SMILES string of the molecule is CC12CC3CC(C1)C(C(=O)OCC(F)(F)S(=O)(=O)O)C(C3)C2. The molecule has 22 heavy (non-hydrogen) atoms. The molecule has 0 heterocycles. The van der Waals surface area contributed by atoms with Gasteiger partial charge in [-0.1, -0.05) is 6.92 Å². The average molecular weight is 338 g/mol. The van der Waals surface area contributed by atoms with Crippen molar-refractivity contribution in [2.24, 2.45) is 29.1 Å². The van der Waals surface area contributed by atoms with E-state index in [-0.39, 0.29) is 17.3 Å². The molecule has 4 aliphatic rings. The first-order valence-electron chi connectivity index (χ1n) is 7.52. The molecule has 8 heteroatoms. The van der Waals surface area contributed by atoms with Crippen molar-refractivity contribution in [1.82, 2.24) is 0 Å². The van der Waals surface area contributed by atoms with Crippen molar-refractivity contribution in [3.05, 3.63) is 0 Å². The van der Waals surface area contributed by atoms with Crippen molar-refractivity contribution in [3.63, 3.8) is 0 Å². The Bertz CT molecular complexity index is 572. The Balaban J connectivity index is 1.67. The van der Waals surface area contributed by atoms with E-state index in [2.05, 4.69) is 11.7 Å². The molecule has 0 aliphatic heterocycles. The zero-order chi connectivity index (χ0) is 16.3. The van der Waals surface area contributed by atoms with E-state index in [0.717, 1.165) is 25.7 Å². The topological polar surface area (TPSA) is 80.7 Å². The molecule has 0 aromatic carbocycles. The lowest BCUT2D eigenvalue weighted by Gasteiger charge is -2.58. The highest BCUT2D eigenvalue weighted by molar-refractivity contribution is 7.86. The van der Waals surface area contributed by atoms with E-state index in [9.17, 15) is 22.0 Å². The number of ether oxygens (including phenoxy) is 1. The lowest BCUT2D eigenvalue weighted by molar-refractivity contribution is -0.172. The maximum Gasteiger partial charge on any atom is 0.402 e. The van der Waals surface area contributed by atoms with E-state index in [1.165, 1.54) is 6.42 Å². The second kappa shape index (κ2) is 4.87. The summed E-state index contributed by atoms with van der Waals surface area (Å²) < 4.78 is 60.4. The van der Waals surface area contributed by atoms with Crippen LogP contribution in [0.2, 0.25) is 0 Å². The molecule has 2 atom stereocenters. The average Bonchev–Trinajstić information content (AvgIpc) is 2.32. The summed E-state index contributed by atoms with van der Waals surface area (Å²) in [5.41, 5.74) is 0.242. The molecule has 4 rings (SSSR count). The van der Waals surface area contributed by atoms with E-state index in [4.69, 9.17) is 4.55 Å². The minimum Gasteiger partial charge on any atom is -0.458 e. The number of carbonyl (C=O) groups excluding carboxylic acids is 1. The summed E-state index contributed by atoms with van der Waals surface area (Å²) >= 11 is 0. The molecule has 126 valence electrons. The minimum absolute atomic E-state index is 0.142. The van der Waals surface area contributed by atoms with Gasteiger partial charge >= 0.3 is 21.3 Å². The van der Waals surface area contributed by atoms with Crippen LogP contribution in [0.25, 0.3) is 0 Å². The van der Waals surface area contributed by atoms with Crippen LogP contribution < -0.4 is 0 Å². The summed E-state index contributed by atoms with van der Waals surface area (Å²) in [5.74, 6) is -0.278. The van der Waals surface area contributed by atoms with Crippen LogP contribution in [0.3, 0.4) is 0 Å². The third-order valence-electron chi connectivity index (χ3n) is 5.61. The van der Waals surface area contributed by atoms with Crippen molar-refractivity contribution in [1.29, 1.82) is 0 Å². The van der Waals surface area contributed by atoms with Gasteiger partial charge in [0.2, 0.25) is 0 Å². The van der Waals surface area contributed by atoms with Gasteiger partial charge in [-0.2, -0.15) is 17.2 Å². The molecule has 1 N–H and O–H groups in total. The minimum atomic E-state index is -5.57. The summed E-state index contributed by atoms with van der Waals surface area (Å²) in [6.45, 7) is 0.591. The van der Waals surface area contributed by atoms with Crippen molar-refractivity contribution in [2.45, 2.75) is 44.3 Å². The smallest absolute Gasteiger partial charge is 0.402 e. The molecule has 0 spiro atoms. The molecule has 0 amide bonds. The summed E-state index contributed by atoms with van der Waals surface area (Å²) in [7, 11) is -5.57. The molecule has 4 aliphatic carbocycles. The second-order valence-corrected chi connectivity index (χ2v) is 9.07. The fourth-order valence-corrected chi connectivity index (χ4v) is 5.35. The van der Waals surface area contributed by atoms with Gasteiger partial charge in [-0.15, -0.1) is 0 Å². The van der Waals surface area contributed by atoms with Gasteiger partial charge in [-0.05, 0) is 55.3 Å². The lowest BCUT2D eigenvalue weighted by Crippen LogP contribution is -2.52. The fraction of sp³-hybridized carbons (Fsp3) is 0.929. The molecule has 0 aromatic heterocycles. The number of hydrogen-bond acceptors (Lipinski definition) is 4. The van der Waals surface area contributed by atoms with Crippen LogP contribution in [0.1, 0.15) is 39.0 Å². The molecule has 4 fully saturated rings. The van der Waals surface area contributed by atoms with Gasteiger partial charge in [0.15, 0.2) is 6.61 Å². The molecule has 4 bridgehead atoms.